The van der Waals surface area contributed by atoms with Crippen LogP contribution in [0.5, 0.6) is 0 Å². The number of methoxy groups -OCH3 is 1. The number of hydrogen-bond donors (Lipinski definition) is 1. The van der Waals surface area contributed by atoms with E-state index in [4.69, 9.17) is 0 Å². The SMILES string of the molecule is COC(=O)/C(=C/c1cccc(C(F)(F)F)c1)NC(C)=O. The summed E-state index contributed by atoms with van der Waals surface area (Å²) in [5.74, 6) is -1.38. The molecule has 108 valence electrons. The normalized spacial score (nSPS) is 11.9. The number of rotatable bonds is 3. The molecule has 20 heavy (non-hydrogen) atoms. The van der Waals surface area contributed by atoms with Gasteiger partial charge in [0.05, 0.1) is 12.7 Å². The van der Waals surface area contributed by atoms with E-state index in [1.165, 1.54) is 19.1 Å². The topological polar surface area (TPSA) is 55.4 Å². The predicted molar refractivity (Wildman–Crippen MR) is 65.3 cm³/mol. The van der Waals surface area contributed by atoms with Crippen molar-refractivity contribution >= 4 is 18.0 Å². The van der Waals surface area contributed by atoms with Crippen molar-refractivity contribution in [1.29, 1.82) is 0 Å². The standard InChI is InChI=1S/C13H12F3NO3/c1-8(18)17-11(12(19)20-2)7-9-4-3-5-10(6-9)13(14,15)16/h3-7H,1-2H3,(H,17,18)/b11-7-. The number of carbonyl (C=O) groups excluding carboxylic acids is 2. The summed E-state index contributed by atoms with van der Waals surface area (Å²) < 4.78 is 42.1. The number of hydrogen-bond acceptors (Lipinski definition) is 3. The van der Waals surface area contributed by atoms with E-state index in [1.54, 1.807) is 0 Å². The van der Waals surface area contributed by atoms with E-state index in [0.29, 0.717) is 0 Å². The van der Waals surface area contributed by atoms with Crippen LogP contribution in [0.1, 0.15) is 18.1 Å². The van der Waals surface area contributed by atoms with Crippen molar-refractivity contribution in [2.24, 2.45) is 0 Å². The molecule has 1 N–H and O–H groups in total. The van der Waals surface area contributed by atoms with E-state index in [0.717, 1.165) is 25.3 Å². The molecule has 0 atom stereocenters. The molecule has 0 spiro atoms. The van der Waals surface area contributed by atoms with E-state index in [2.05, 4.69) is 10.1 Å². The van der Waals surface area contributed by atoms with Gasteiger partial charge in [-0.3, -0.25) is 4.79 Å². The molecule has 1 rings (SSSR count). The number of alkyl halides is 3. The molecule has 1 amide bonds. The summed E-state index contributed by atoms with van der Waals surface area (Å²) in [4.78, 5) is 22.4. The number of nitrogens with one attached hydrogen (secondary N) is 1. The van der Waals surface area contributed by atoms with Crippen LogP contribution < -0.4 is 5.32 Å². The third kappa shape index (κ3) is 4.42. The van der Waals surface area contributed by atoms with Crippen LogP contribution in [0.15, 0.2) is 30.0 Å². The molecule has 0 aromatic heterocycles. The Hall–Kier alpha value is -2.31. The average Bonchev–Trinajstić information content (AvgIpc) is 2.36. The molecule has 0 saturated carbocycles. The fourth-order valence-electron chi connectivity index (χ4n) is 1.42. The fourth-order valence-corrected chi connectivity index (χ4v) is 1.42. The first-order valence-electron chi connectivity index (χ1n) is 5.49. The predicted octanol–water partition coefficient (Wildman–Crippen LogP) is 2.36. The van der Waals surface area contributed by atoms with Gasteiger partial charge in [0, 0.05) is 6.92 Å². The van der Waals surface area contributed by atoms with Gasteiger partial charge in [-0.25, -0.2) is 4.79 Å². The van der Waals surface area contributed by atoms with Crippen molar-refractivity contribution in [1.82, 2.24) is 5.32 Å². The van der Waals surface area contributed by atoms with Gasteiger partial charge in [-0.1, -0.05) is 12.1 Å². The minimum atomic E-state index is -4.48. The molecular weight excluding hydrogens is 275 g/mol. The average molecular weight is 287 g/mol. The number of ether oxygens (including phenoxy) is 1. The molecule has 0 radical (unpaired) electrons. The third-order valence-electron chi connectivity index (χ3n) is 2.24. The second-order valence-corrected chi connectivity index (χ2v) is 3.85. The van der Waals surface area contributed by atoms with Gasteiger partial charge in [-0.05, 0) is 23.8 Å². The van der Waals surface area contributed by atoms with Gasteiger partial charge in [0.15, 0.2) is 0 Å². The maximum absolute atomic E-state index is 12.6. The highest BCUT2D eigenvalue weighted by Gasteiger charge is 2.30. The van der Waals surface area contributed by atoms with Gasteiger partial charge < -0.3 is 10.1 Å². The molecule has 1 aromatic carbocycles. The molecular formula is C13H12F3NO3. The maximum Gasteiger partial charge on any atom is 0.416 e. The Kier molecular flexibility index (Phi) is 4.90. The van der Waals surface area contributed by atoms with Crippen molar-refractivity contribution in [3.63, 3.8) is 0 Å². The Bertz CT molecular complexity index is 550. The highest BCUT2D eigenvalue weighted by atomic mass is 19.4. The lowest BCUT2D eigenvalue weighted by Gasteiger charge is -2.08. The van der Waals surface area contributed by atoms with Gasteiger partial charge in [0.1, 0.15) is 5.70 Å². The van der Waals surface area contributed by atoms with Crippen LogP contribution in [0, 0.1) is 0 Å². The molecule has 7 heteroatoms. The van der Waals surface area contributed by atoms with Crippen molar-refractivity contribution in [3.8, 4) is 0 Å². The van der Waals surface area contributed by atoms with Crippen molar-refractivity contribution in [2.75, 3.05) is 7.11 Å². The lowest BCUT2D eigenvalue weighted by Crippen LogP contribution is -2.25. The number of carbonyl (C=O) groups is 2. The van der Waals surface area contributed by atoms with Crippen LogP contribution in [0.4, 0.5) is 13.2 Å². The van der Waals surface area contributed by atoms with Gasteiger partial charge in [0.25, 0.3) is 0 Å². The zero-order chi connectivity index (χ0) is 15.3. The first-order valence-corrected chi connectivity index (χ1v) is 5.49. The van der Waals surface area contributed by atoms with Crippen molar-refractivity contribution in [2.45, 2.75) is 13.1 Å². The van der Waals surface area contributed by atoms with Crippen LogP contribution in [0.2, 0.25) is 0 Å². The summed E-state index contributed by atoms with van der Waals surface area (Å²) >= 11 is 0. The largest absolute Gasteiger partial charge is 0.464 e. The maximum atomic E-state index is 12.6. The molecule has 0 aliphatic rings. The van der Waals surface area contributed by atoms with Gasteiger partial charge in [0.2, 0.25) is 5.91 Å². The van der Waals surface area contributed by atoms with Crippen LogP contribution in [-0.4, -0.2) is 19.0 Å². The molecule has 0 aliphatic heterocycles. The Morgan fingerprint density at radius 1 is 1.30 bits per heavy atom. The molecule has 0 aliphatic carbocycles. The molecule has 4 nitrogen and oxygen atoms in total. The molecule has 0 unspecified atom stereocenters. The minimum Gasteiger partial charge on any atom is -0.464 e. The quantitative estimate of drug-likeness (QED) is 0.686. The van der Waals surface area contributed by atoms with Crippen LogP contribution in [0.25, 0.3) is 6.08 Å². The Morgan fingerprint density at radius 2 is 1.95 bits per heavy atom. The fraction of sp³-hybridized carbons (Fsp3) is 0.231. The summed E-state index contributed by atoms with van der Waals surface area (Å²) in [6, 6.07) is 4.36. The molecule has 0 saturated heterocycles. The molecule has 0 heterocycles. The lowest BCUT2D eigenvalue weighted by atomic mass is 10.1. The summed E-state index contributed by atoms with van der Waals surface area (Å²) in [6.07, 6.45) is -3.37. The van der Waals surface area contributed by atoms with E-state index in [-0.39, 0.29) is 11.3 Å². The number of halogens is 3. The smallest absolute Gasteiger partial charge is 0.416 e. The number of esters is 1. The second kappa shape index (κ2) is 6.23. The van der Waals surface area contributed by atoms with E-state index in [1.807, 2.05) is 0 Å². The first kappa shape index (κ1) is 15.7. The summed E-state index contributed by atoms with van der Waals surface area (Å²) in [6.45, 7) is 1.17. The zero-order valence-corrected chi connectivity index (χ0v) is 10.7. The first-order chi connectivity index (χ1) is 9.24. The highest BCUT2D eigenvalue weighted by molar-refractivity contribution is 5.97. The third-order valence-corrected chi connectivity index (χ3v) is 2.24. The summed E-state index contributed by atoms with van der Waals surface area (Å²) in [5.41, 5.74) is -0.966. The highest BCUT2D eigenvalue weighted by Crippen LogP contribution is 2.29. The van der Waals surface area contributed by atoms with Crippen molar-refractivity contribution < 1.29 is 27.5 Å². The van der Waals surface area contributed by atoms with Gasteiger partial charge in [-0.2, -0.15) is 13.2 Å². The summed E-state index contributed by atoms with van der Waals surface area (Å²) in [5, 5.41) is 2.20. The Morgan fingerprint density at radius 3 is 2.45 bits per heavy atom. The van der Waals surface area contributed by atoms with Crippen molar-refractivity contribution in [3.05, 3.63) is 41.1 Å². The Balaban J connectivity index is 3.17. The van der Waals surface area contributed by atoms with Crippen LogP contribution >= 0.6 is 0 Å². The Labute approximate surface area is 113 Å². The van der Waals surface area contributed by atoms with E-state index < -0.39 is 23.6 Å². The second-order valence-electron chi connectivity index (χ2n) is 3.85. The van der Waals surface area contributed by atoms with Gasteiger partial charge >= 0.3 is 12.1 Å². The summed E-state index contributed by atoms with van der Waals surface area (Å²) in [7, 11) is 1.10. The zero-order valence-electron chi connectivity index (χ0n) is 10.7. The molecule has 0 fully saturated rings. The minimum absolute atomic E-state index is 0.119. The van der Waals surface area contributed by atoms with E-state index >= 15 is 0 Å². The molecule has 1 aromatic rings. The van der Waals surface area contributed by atoms with E-state index in [9.17, 15) is 22.8 Å². The lowest BCUT2D eigenvalue weighted by molar-refractivity contribution is -0.138. The van der Waals surface area contributed by atoms with Crippen LogP contribution in [-0.2, 0) is 20.5 Å². The number of amides is 1. The number of benzene rings is 1. The van der Waals surface area contributed by atoms with Gasteiger partial charge in [-0.15, -0.1) is 0 Å². The van der Waals surface area contributed by atoms with Crippen LogP contribution in [0.3, 0.4) is 0 Å². The monoisotopic (exact) mass is 287 g/mol. The molecule has 0 bridgehead atoms.